The van der Waals surface area contributed by atoms with Gasteiger partial charge in [0.25, 0.3) is 5.91 Å². The van der Waals surface area contributed by atoms with Crippen molar-refractivity contribution < 1.29 is 9.53 Å². The van der Waals surface area contributed by atoms with Gasteiger partial charge in [0, 0.05) is 17.1 Å². The van der Waals surface area contributed by atoms with Gasteiger partial charge >= 0.3 is 0 Å². The van der Waals surface area contributed by atoms with E-state index < -0.39 is 0 Å². The largest absolute Gasteiger partial charge is 0.496 e. The number of aromatic nitrogens is 3. The Morgan fingerprint density at radius 3 is 2.73 bits per heavy atom. The number of thioether (sulfide) groups is 1. The summed E-state index contributed by atoms with van der Waals surface area (Å²) < 4.78 is 7.96. The van der Waals surface area contributed by atoms with E-state index in [2.05, 4.69) is 36.7 Å². The molecule has 10 heteroatoms. The number of nitrogens with one attached hydrogen (secondary N) is 1. The number of hydrogen-bond donors (Lipinski definition) is 1. The molecule has 0 atom stereocenters. The summed E-state index contributed by atoms with van der Waals surface area (Å²) >= 11 is 10.7. The third-order valence-corrected chi connectivity index (χ3v) is 5.89. The molecule has 0 radical (unpaired) electrons. The number of carbonyl (C=O) groups is 1. The van der Waals surface area contributed by atoms with Gasteiger partial charge in [0.15, 0.2) is 11.0 Å². The predicted octanol–water partition coefficient (Wildman–Crippen LogP) is 4.63. The summed E-state index contributed by atoms with van der Waals surface area (Å²) in [5.41, 5.74) is 4.27. The summed E-state index contributed by atoms with van der Waals surface area (Å²) in [6.07, 6.45) is 1.57. The molecule has 0 fully saturated rings. The molecule has 1 heterocycles. The van der Waals surface area contributed by atoms with Gasteiger partial charge in [-0.25, -0.2) is 5.43 Å². The highest BCUT2D eigenvalue weighted by atomic mass is 79.9. The summed E-state index contributed by atoms with van der Waals surface area (Å²) in [7, 11) is 1.60. The summed E-state index contributed by atoms with van der Waals surface area (Å²) in [5.74, 6) is 1.40. The lowest BCUT2D eigenvalue weighted by molar-refractivity contribution is -0.118. The zero-order valence-corrected chi connectivity index (χ0v) is 19.5. The summed E-state index contributed by atoms with van der Waals surface area (Å²) in [5, 5.41) is 13.8. The molecule has 0 saturated heterocycles. The number of rotatable bonds is 8. The van der Waals surface area contributed by atoms with Gasteiger partial charge in [0.05, 0.1) is 23.5 Å². The molecule has 0 spiro atoms. The maximum Gasteiger partial charge on any atom is 0.250 e. The van der Waals surface area contributed by atoms with Crippen LogP contribution in [0.3, 0.4) is 0 Å². The second-order valence-electron chi connectivity index (χ2n) is 6.03. The van der Waals surface area contributed by atoms with Crippen molar-refractivity contribution in [3.63, 3.8) is 0 Å². The van der Waals surface area contributed by atoms with Crippen molar-refractivity contribution in [1.29, 1.82) is 0 Å². The van der Waals surface area contributed by atoms with Crippen molar-refractivity contribution in [3.05, 3.63) is 57.5 Å². The number of ether oxygens (including phenoxy) is 1. The number of benzene rings is 2. The summed E-state index contributed by atoms with van der Waals surface area (Å²) in [4.78, 5) is 12.1. The minimum atomic E-state index is -0.234. The van der Waals surface area contributed by atoms with Crippen LogP contribution >= 0.6 is 39.3 Å². The van der Waals surface area contributed by atoms with Crippen molar-refractivity contribution in [1.82, 2.24) is 20.2 Å². The SMILES string of the molecule is CCn1c(SCC(=O)N/N=C\c2ccc(OC)c(Br)c2)nnc1-c1ccc(Cl)cc1. The van der Waals surface area contributed by atoms with Gasteiger partial charge in [0.2, 0.25) is 0 Å². The minimum absolute atomic E-state index is 0.169. The Labute approximate surface area is 192 Å². The quantitative estimate of drug-likeness (QED) is 0.272. The number of hydrogen-bond acceptors (Lipinski definition) is 6. The summed E-state index contributed by atoms with van der Waals surface area (Å²) in [6.45, 7) is 2.68. The molecule has 0 bridgehead atoms. The first kappa shape index (κ1) is 22.3. The van der Waals surface area contributed by atoms with E-state index in [9.17, 15) is 4.79 Å². The lowest BCUT2D eigenvalue weighted by atomic mass is 10.2. The highest BCUT2D eigenvalue weighted by Crippen LogP contribution is 2.26. The molecule has 0 aliphatic rings. The highest BCUT2D eigenvalue weighted by molar-refractivity contribution is 9.10. The second kappa shape index (κ2) is 10.6. The van der Waals surface area contributed by atoms with E-state index >= 15 is 0 Å². The van der Waals surface area contributed by atoms with Crippen LogP contribution in [0.2, 0.25) is 5.02 Å². The Morgan fingerprint density at radius 1 is 1.30 bits per heavy atom. The van der Waals surface area contributed by atoms with Gasteiger partial charge in [-0.05, 0) is 70.9 Å². The molecule has 0 unspecified atom stereocenters. The predicted molar refractivity (Wildman–Crippen MR) is 123 cm³/mol. The average molecular weight is 509 g/mol. The van der Waals surface area contributed by atoms with Crippen LogP contribution in [-0.4, -0.2) is 39.7 Å². The fraction of sp³-hybridized carbons (Fsp3) is 0.200. The molecule has 0 aliphatic carbocycles. The number of hydrazone groups is 1. The zero-order chi connectivity index (χ0) is 21.5. The van der Waals surface area contributed by atoms with Crippen LogP contribution in [-0.2, 0) is 11.3 Å². The van der Waals surface area contributed by atoms with Crippen LogP contribution in [0, 0.1) is 0 Å². The van der Waals surface area contributed by atoms with Crippen molar-refractivity contribution in [2.45, 2.75) is 18.6 Å². The molecular formula is C20H19BrClN5O2S. The molecule has 3 rings (SSSR count). The van der Waals surface area contributed by atoms with Crippen LogP contribution < -0.4 is 10.2 Å². The van der Waals surface area contributed by atoms with Crippen LogP contribution in [0.15, 0.2) is 57.2 Å². The van der Waals surface area contributed by atoms with E-state index in [1.807, 2.05) is 54.0 Å². The Kier molecular flexibility index (Phi) is 7.89. The van der Waals surface area contributed by atoms with E-state index in [0.29, 0.717) is 16.7 Å². The minimum Gasteiger partial charge on any atom is -0.496 e. The maximum atomic E-state index is 12.1. The van der Waals surface area contributed by atoms with Gasteiger partial charge in [-0.2, -0.15) is 5.10 Å². The number of nitrogens with zero attached hydrogens (tertiary/aromatic N) is 4. The van der Waals surface area contributed by atoms with Crippen molar-refractivity contribution in [2.75, 3.05) is 12.9 Å². The first-order chi connectivity index (χ1) is 14.5. The number of halogens is 2. The van der Waals surface area contributed by atoms with E-state index in [1.54, 1.807) is 13.3 Å². The third kappa shape index (κ3) is 5.62. The molecule has 1 aromatic heterocycles. The Bertz CT molecular complexity index is 1060. The molecule has 0 saturated carbocycles. The normalized spacial score (nSPS) is 11.1. The van der Waals surface area contributed by atoms with E-state index in [-0.39, 0.29) is 11.7 Å². The second-order valence-corrected chi connectivity index (χ2v) is 8.27. The van der Waals surface area contributed by atoms with Crippen LogP contribution in [0.25, 0.3) is 11.4 Å². The van der Waals surface area contributed by atoms with Gasteiger partial charge in [0.1, 0.15) is 5.75 Å². The molecular weight excluding hydrogens is 490 g/mol. The maximum absolute atomic E-state index is 12.1. The topological polar surface area (TPSA) is 81.4 Å². The summed E-state index contributed by atoms with van der Waals surface area (Å²) in [6, 6.07) is 12.9. The molecule has 0 aliphatic heterocycles. The average Bonchev–Trinajstić information content (AvgIpc) is 3.16. The monoisotopic (exact) mass is 507 g/mol. The van der Waals surface area contributed by atoms with Crippen molar-refractivity contribution in [3.8, 4) is 17.1 Å². The lowest BCUT2D eigenvalue weighted by Crippen LogP contribution is -2.20. The first-order valence-corrected chi connectivity index (χ1v) is 11.1. The molecule has 2 aromatic carbocycles. The fourth-order valence-corrected chi connectivity index (χ4v) is 4.08. The molecule has 7 nitrogen and oxygen atoms in total. The number of carbonyl (C=O) groups excluding carboxylic acids is 1. The van der Waals surface area contributed by atoms with Crippen LogP contribution in [0.5, 0.6) is 5.75 Å². The molecule has 1 N–H and O–H groups in total. The van der Waals surface area contributed by atoms with E-state index in [1.165, 1.54) is 11.8 Å². The molecule has 1 amide bonds. The van der Waals surface area contributed by atoms with Gasteiger partial charge in [-0.3, -0.25) is 4.79 Å². The Balaban J connectivity index is 1.58. The third-order valence-electron chi connectivity index (χ3n) is 4.05. The van der Waals surface area contributed by atoms with Crippen LogP contribution in [0.1, 0.15) is 12.5 Å². The molecule has 156 valence electrons. The lowest BCUT2D eigenvalue weighted by Gasteiger charge is -2.07. The van der Waals surface area contributed by atoms with Crippen LogP contribution in [0.4, 0.5) is 0 Å². The van der Waals surface area contributed by atoms with E-state index in [0.717, 1.165) is 27.2 Å². The van der Waals surface area contributed by atoms with Gasteiger partial charge in [-0.1, -0.05) is 23.4 Å². The van der Waals surface area contributed by atoms with Crippen molar-refractivity contribution >= 4 is 51.4 Å². The standard InChI is InChI=1S/C20H19BrClN5O2S/c1-3-27-19(14-5-7-15(22)8-6-14)25-26-20(27)30-12-18(28)24-23-11-13-4-9-17(29-2)16(21)10-13/h4-11H,3,12H2,1-2H3,(H,24,28)/b23-11-. The molecule has 3 aromatic rings. The van der Waals surface area contributed by atoms with Crippen molar-refractivity contribution in [2.24, 2.45) is 5.10 Å². The number of methoxy groups -OCH3 is 1. The van der Waals surface area contributed by atoms with Gasteiger partial charge in [-0.15, -0.1) is 10.2 Å². The first-order valence-electron chi connectivity index (χ1n) is 8.99. The Morgan fingerprint density at radius 2 is 2.07 bits per heavy atom. The fourth-order valence-electron chi connectivity index (χ4n) is 2.60. The molecule has 30 heavy (non-hydrogen) atoms. The van der Waals surface area contributed by atoms with E-state index in [4.69, 9.17) is 16.3 Å². The highest BCUT2D eigenvalue weighted by Gasteiger charge is 2.14. The smallest absolute Gasteiger partial charge is 0.250 e. The zero-order valence-electron chi connectivity index (χ0n) is 16.3. The van der Waals surface area contributed by atoms with Gasteiger partial charge < -0.3 is 9.30 Å². The number of amides is 1. The Hall–Kier alpha value is -2.36.